The van der Waals surface area contributed by atoms with Gasteiger partial charge >= 0.3 is 5.97 Å². The maximum atomic E-state index is 13.2. The maximum absolute atomic E-state index is 13.2. The number of hydrogen-bond donors (Lipinski definition) is 5. The number of carboxylic acids is 1. The number of rotatable bonds is 9. The highest BCUT2D eigenvalue weighted by Crippen LogP contribution is 2.60. The van der Waals surface area contributed by atoms with E-state index >= 15 is 0 Å². The fraction of sp³-hybridized carbons (Fsp3) is 0.448. The molecular weight excluding hydrogens is 522 g/mol. The lowest BCUT2D eigenvalue weighted by atomic mass is 9.49. The molecular formula is C29H32ClN3O6. The minimum Gasteiger partial charge on any atom is -0.508 e. The Hall–Kier alpha value is -3.59. The molecule has 4 saturated carbocycles. The Balaban J connectivity index is 1.17. The molecule has 4 fully saturated rings. The monoisotopic (exact) mass is 553 g/mol. The first kappa shape index (κ1) is 27.0. The number of phenolic OH excluding ortho intramolecular Hbond substituents is 1. The van der Waals surface area contributed by atoms with Crippen molar-refractivity contribution in [3.63, 3.8) is 0 Å². The van der Waals surface area contributed by atoms with Crippen LogP contribution in [0.5, 0.6) is 5.75 Å². The van der Waals surface area contributed by atoms with Gasteiger partial charge in [-0.05, 0) is 92.2 Å². The van der Waals surface area contributed by atoms with Crippen LogP contribution < -0.4 is 16.0 Å². The second-order valence-corrected chi connectivity index (χ2v) is 11.7. The SMILES string of the molecule is O=C(NCc1cccc(O)c1)c1ccc(C(=O)N[C@@H](CNC(=O)C23CC4CC(CC(C4)C2)C3)C(=O)O)c(Cl)c1. The van der Waals surface area contributed by atoms with Crippen molar-refractivity contribution < 1.29 is 29.4 Å². The average molecular weight is 554 g/mol. The van der Waals surface area contributed by atoms with Crippen molar-refractivity contribution in [3.05, 3.63) is 64.2 Å². The van der Waals surface area contributed by atoms with E-state index in [9.17, 15) is 29.4 Å². The predicted octanol–water partition coefficient (Wildman–Crippen LogP) is 3.49. The van der Waals surface area contributed by atoms with Gasteiger partial charge in [0.25, 0.3) is 11.8 Å². The number of benzene rings is 2. The first-order valence-corrected chi connectivity index (χ1v) is 13.7. The molecule has 0 heterocycles. The van der Waals surface area contributed by atoms with Crippen LogP contribution >= 0.6 is 11.6 Å². The Bertz CT molecular complexity index is 1280. The molecule has 0 aromatic heterocycles. The van der Waals surface area contributed by atoms with Crippen LogP contribution in [0.1, 0.15) is 64.8 Å². The molecule has 0 saturated heterocycles. The summed E-state index contributed by atoms with van der Waals surface area (Å²) >= 11 is 6.28. The van der Waals surface area contributed by atoms with Crippen LogP contribution in [0.25, 0.3) is 0 Å². The van der Waals surface area contributed by atoms with Crippen molar-refractivity contribution in [1.82, 2.24) is 16.0 Å². The van der Waals surface area contributed by atoms with E-state index < -0.39 is 29.2 Å². The van der Waals surface area contributed by atoms with Gasteiger partial charge < -0.3 is 26.2 Å². The first-order chi connectivity index (χ1) is 18.6. The highest BCUT2D eigenvalue weighted by Gasteiger charge is 2.54. The normalized spacial score (nSPS) is 25.5. The summed E-state index contributed by atoms with van der Waals surface area (Å²) in [4.78, 5) is 50.5. The van der Waals surface area contributed by atoms with Crippen LogP contribution in [-0.4, -0.2) is 46.5 Å². The molecule has 0 radical (unpaired) electrons. The topological polar surface area (TPSA) is 145 Å². The van der Waals surface area contributed by atoms with E-state index in [1.165, 1.54) is 49.6 Å². The van der Waals surface area contributed by atoms with E-state index in [2.05, 4.69) is 16.0 Å². The number of aromatic hydroxyl groups is 1. The summed E-state index contributed by atoms with van der Waals surface area (Å²) in [5, 5.41) is 27.2. The lowest BCUT2D eigenvalue weighted by Crippen LogP contribution is -2.56. The van der Waals surface area contributed by atoms with E-state index in [1.807, 2.05) is 0 Å². The number of hydrogen-bond acceptors (Lipinski definition) is 5. The highest BCUT2D eigenvalue weighted by molar-refractivity contribution is 6.34. The van der Waals surface area contributed by atoms with Gasteiger partial charge in [-0.3, -0.25) is 14.4 Å². The van der Waals surface area contributed by atoms with Gasteiger partial charge in [0.15, 0.2) is 0 Å². The minimum atomic E-state index is -1.34. The zero-order chi connectivity index (χ0) is 27.7. The zero-order valence-corrected chi connectivity index (χ0v) is 22.2. The first-order valence-electron chi connectivity index (χ1n) is 13.3. The van der Waals surface area contributed by atoms with Crippen molar-refractivity contribution in [2.75, 3.05) is 6.54 Å². The molecule has 0 spiro atoms. The third-order valence-corrected chi connectivity index (χ3v) is 8.74. The summed E-state index contributed by atoms with van der Waals surface area (Å²) in [7, 11) is 0. The number of aliphatic carboxylic acids is 1. The summed E-state index contributed by atoms with van der Waals surface area (Å²) in [6, 6.07) is 9.25. The Morgan fingerprint density at radius 3 is 2.18 bits per heavy atom. The number of phenols is 1. The predicted molar refractivity (Wildman–Crippen MR) is 143 cm³/mol. The number of nitrogens with one attached hydrogen (secondary N) is 3. The molecule has 39 heavy (non-hydrogen) atoms. The van der Waals surface area contributed by atoms with Gasteiger partial charge in [0.1, 0.15) is 11.8 Å². The van der Waals surface area contributed by atoms with Crippen LogP contribution in [0.15, 0.2) is 42.5 Å². The van der Waals surface area contributed by atoms with Gasteiger partial charge in [0.2, 0.25) is 5.91 Å². The summed E-state index contributed by atoms with van der Waals surface area (Å²) in [5.74, 6) is -0.699. The fourth-order valence-corrected chi connectivity index (χ4v) is 7.26. The minimum absolute atomic E-state index is 0.0138. The lowest BCUT2D eigenvalue weighted by molar-refractivity contribution is -0.146. The molecule has 10 heteroatoms. The Kier molecular flexibility index (Phi) is 7.53. The van der Waals surface area contributed by atoms with Crippen LogP contribution in [0.4, 0.5) is 0 Å². The average Bonchev–Trinajstić information content (AvgIpc) is 2.88. The second-order valence-electron chi connectivity index (χ2n) is 11.3. The summed E-state index contributed by atoms with van der Waals surface area (Å²) in [6.07, 6.45) is 6.16. The molecule has 0 unspecified atom stereocenters. The van der Waals surface area contributed by atoms with E-state index in [1.54, 1.807) is 12.1 Å². The molecule has 3 amide bonds. The van der Waals surface area contributed by atoms with Crippen molar-refractivity contribution in [2.24, 2.45) is 23.2 Å². The molecule has 9 nitrogen and oxygen atoms in total. The third-order valence-electron chi connectivity index (χ3n) is 8.43. The van der Waals surface area contributed by atoms with E-state index in [0.717, 1.165) is 19.3 Å². The van der Waals surface area contributed by atoms with E-state index in [0.29, 0.717) is 23.3 Å². The molecule has 1 atom stereocenters. The third kappa shape index (κ3) is 5.88. The van der Waals surface area contributed by atoms with Gasteiger partial charge in [0.05, 0.1) is 10.6 Å². The fourth-order valence-electron chi connectivity index (χ4n) is 7.00. The van der Waals surface area contributed by atoms with Crippen molar-refractivity contribution in [1.29, 1.82) is 0 Å². The number of carboxylic acid groups (broad SMARTS) is 1. The van der Waals surface area contributed by atoms with Crippen LogP contribution in [0.3, 0.4) is 0 Å². The maximum Gasteiger partial charge on any atom is 0.328 e. The largest absolute Gasteiger partial charge is 0.508 e. The Labute approximate surface area is 231 Å². The molecule has 5 N–H and O–H groups in total. The molecule has 6 rings (SSSR count). The summed E-state index contributed by atoms with van der Waals surface area (Å²) in [5.41, 5.74) is 0.525. The number of amides is 3. The van der Waals surface area contributed by atoms with Crippen LogP contribution in [0, 0.1) is 23.2 Å². The van der Waals surface area contributed by atoms with Gasteiger partial charge in [-0.25, -0.2) is 4.79 Å². The Morgan fingerprint density at radius 2 is 1.59 bits per heavy atom. The molecule has 4 aliphatic carbocycles. The van der Waals surface area contributed by atoms with Crippen molar-refractivity contribution >= 4 is 35.3 Å². The number of carbonyl (C=O) groups is 4. The standard InChI is InChI=1S/C29H32ClN3O6/c30-23-10-20(25(35)31-14-16-2-1-3-21(34)9-16)4-5-22(23)26(36)33-24(27(37)38)15-32-28(39)29-11-17-6-18(12-29)8-19(7-17)13-29/h1-5,9-10,17-19,24,34H,6-8,11-15H2,(H,31,35)(H,32,39)(H,33,36)(H,37,38)/t17?,18?,19?,24-,29?/m0/s1. The quantitative estimate of drug-likeness (QED) is 0.321. The summed E-state index contributed by atoms with van der Waals surface area (Å²) < 4.78 is 0. The zero-order valence-electron chi connectivity index (χ0n) is 21.4. The van der Waals surface area contributed by atoms with E-state index in [-0.39, 0.29) is 40.9 Å². The molecule has 0 aliphatic heterocycles. The van der Waals surface area contributed by atoms with Gasteiger partial charge in [0, 0.05) is 24.1 Å². The van der Waals surface area contributed by atoms with E-state index in [4.69, 9.17) is 11.6 Å². The smallest absolute Gasteiger partial charge is 0.328 e. The highest BCUT2D eigenvalue weighted by atomic mass is 35.5. The molecule has 2 aromatic rings. The van der Waals surface area contributed by atoms with Gasteiger partial charge in [-0.1, -0.05) is 23.7 Å². The van der Waals surface area contributed by atoms with Crippen molar-refractivity contribution in [2.45, 2.75) is 51.1 Å². The van der Waals surface area contributed by atoms with Gasteiger partial charge in [-0.2, -0.15) is 0 Å². The number of halogens is 1. The second kappa shape index (κ2) is 10.9. The lowest BCUT2D eigenvalue weighted by Gasteiger charge is -2.55. The molecule has 4 bridgehead atoms. The Morgan fingerprint density at radius 1 is 0.923 bits per heavy atom. The van der Waals surface area contributed by atoms with Crippen LogP contribution in [-0.2, 0) is 16.1 Å². The molecule has 2 aromatic carbocycles. The molecule has 4 aliphatic rings. The number of carbonyl (C=O) groups excluding carboxylic acids is 3. The van der Waals surface area contributed by atoms with Crippen LogP contribution in [0.2, 0.25) is 5.02 Å². The molecule has 206 valence electrons. The van der Waals surface area contributed by atoms with Crippen molar-refractivity contribution in [3.8, 4) is 5.75 Å². The summed E-state index contributed by atoms with van der Waals surface area (Å²) in [6.45, 7) is -0.0445. The van der Waals surface area contributed by atoms with Gasteiger partial charge in [-0.15, -0.1) is 0 Å².